The van der Waals surface area contributed by atoms with E-state index in [9.17, 15) is 13.2 Å². The van der Waals surface area contributed by atoms with Gasteiger partial charge in [-0.15, -0.1) is 12.4 Å². The first-order chi connectivity index (χ1) is 18.7. The Hall–Kier alpha value is -3.18. The fraction of sp³-hybridized carbons (Fsp3) is 0.310. The predicted molar refractivity (Wildman–Crippen MR) is 166 cm³/mol. The summed E-state index contributed by atoms with van der Waals surface area (Å²) >= 11 is 1.76. The number of carbonyl (C=O) groups is 1. The molecule has 2 heterocycles. The van der Waals surface area contributed by atoms with Crippen molar-refractivity contribution in [3.8, 4) is 0 Å². The van der Waals surface area contributed by atoms with Crippen molar-refractivity contribution in [1.29, 1.82) is 0 Å². The molecule has 1 aliphatic rings. The minimum absolute atomic E-state index is 0. The van der Waals surface area contributed by atoms with Crippen LogP contribution in [0.3, 0.4) is 0 Å². The molecule has 0 saturated carbocycles. The Morgan fingerprint density at radius 2 is 1.60 bits per heavy atom. The van der Waals surface area contributed by atoms with Crippen molar-refractivity contribution in [1.82, 2.24) is 15.2 Å². The van der Waals surface area contributed by atoms with E-state index in [1.165, 1.54) is 15.8 Å². The number of para-hydroxylation sites is 1. The van der Waals surface area contributed by atoms with Crippen LogP contribution in [0.25, 0.3) is 10.2 Å². The minimum Gasteiger partial charge on any atom is -0.351 e. The van der Waals surface area contributed by atoms with Crippen molar-refractivity contribution >= 4 is 60.7 Å². The van der Waals surface area contributed by atoms with Gasteiger partial charge in [0.25, 0.3) is 15.9 Å². The van der Waals surface area contributed by atoms with Crippen molar-refractivity contribution in [3.63, 3.8) is 0 Å². The Labute approximate surface area is 245 Å². The molecule has 40 heavy (non-hydrogen) atoms. The van der Waals surface area contributed by atoms with E-state index in [1.54, 1.807) is 59.9 Å². The Morgan fingerprint density at radius 1 is 0.925 bits per heavy atom. The summed E-state index contributed by atoms with van der Waals surface area (Å²) in [5.74, 6) is -0.309. The Bertz CT molecular complexity index is 1560. The van der Waals surface area contributed by atoms with E-state index < -0.39 is 10.0 Å². The fourth-order valence-electron chi connectivity index (χ4n) is 4.66. The summed E-state index contributed by atoms with van der Waals surface area (Å²) in [6.45, 7) is 10.9. The molecule has 212 valence electrons. The molecule has 1 fully saturated rings. The standard InChI is InChI=1S/C29H33N5O3S2.ClH/c1-20-8-12-23(13-9-20)39(36,37)32-25-7-5-4-6-24(25)28(35)30-14-15-33-16-18-34(19-17-33)29-31-26-21(2)10-11-22(3)27(26)38-29;/h4-13,32H,14-19H2,1-3H3,(H,30,35);1H. The Balaban J connectivity index is 0.00000370. The number of rotatable bonds is 8. The lowest BCUT2D eigenvalue weighted by molar-refractivity contribution is 0.0948. The number of fused-ring (bicyclic) bond motifs is 1. The lowest BCUT2D eigenvalue weighted by Crippen LogP contribution is -2.48. The molecule has 1 amide bonds. The van der Waals surface area contributed by atoms with Gasteiger partial charge >= 0.3 is 0 Å². The molecule has 0 bridgehead atoms. The highest BCUT2D eigenvalue weighted by atomic mass is 35.5. The number of nitrogens with zero attached hydrogens (tertiary/aromatic N) is 3. The summed E-state index contributed by atoms with van der Waals surface area (Å²) in [6, 6.07) is 17.5. The van der Waals surface area contributed by atoms with E-state index in [4.69, 9.17) is 4.98 Å². The first-order valence-corrected chi connectivity index (χ1v) is 15.3. The number of sulfonamides is 1. The van der Waals surface area contributed by atoms with Crippen LogP contribution >= 0.6 is 23.7 Å². The van der Waals surface area contributed by atoms with Gasteiger partial charge in [0.05, 0.1) is 26.4 Å². The number of halogens is 1. The van der Waals surface area contributed by atoms with Gasteiger partial charge in [-0.25, -0.2) is 13.4 Å². The van der Waals surface area contributed by atoms with Gasteiger partial charge in [0.15, 0.2) is 5.13 Å². The van der Waals surface area contributed by atoms with Gasteiger partial charge in [0.1, 0.15) is 0 Å². The first kappa shape index (κ1) is 29.8. The van der Waals surface area contributed by atoms with Crippen molar-refractivity contribution in [3.05, 3.63) is 82.9 Å². The van der Waals surface area contributed by atoms with Gasteiger partial charge in [0.2, 0.25) is 0 Å². The third-order valence-electron chi connectivity index (χ3n) is 7.03. The van der Waals surface area contributed by atoms with Crippen molar-refractivity contribution < 1.29 is 13.2 Å². The number of amides is 1. The van der Waals surface area contributed by atoms with Crippen LogP contribution in [0.2, 0.25) is 0 Å². The molecular formula is C29H34ClN5O3S2. The van der Waals surface area contributed by atoms with Crippen molar-refractivity contribution in [2.75, 3.05) is 48.9 Å². The first-order valence-electron chi connectivity index (χ1n) is 13.0. The Morgan fingerprint density at radius 3 is 2.30 bits per heavy atom. The number of carbonyl (C=O) groups excluding carboxylic acids is 1. The summed E-state index contributed by atoms with van der Waals surface area (Å²) in [4.78, 5) is 22.7. The van der Waals surface area contributed by atoms with Gasteiger partial charge in [-0.05, 0) is 56.2 Å². The average Bonchev–Trinajstić information content (AvgIpc) is 3.39. The zero-order chi connectivity index (χ0) is 27.6. The van der Waals surface area contributed by atoms with E-state index in [0.717, 1.165) is 48.9 Å². The molecule has 1 saturated heterocycles. The molecule has 0 aliphatic carbocycles. The molecular weight excluding hydrogens is 566 g/mol. The second kappa shape index (κ2) is 12.6. The highest BCUT2D eigenvalue weighted by Crippen LogP contribution is 2.33. The molecule has 0 unspecified atom stereocenters. The number of aryl methyl sites for hydroxylation is 3. The van der Waals surface area contributed by atoms with Gasteiger partial charge in [-0.2, -0.15) is 0 Å². The topological polar surface area (TPSA) is 94.6 Å². The van der Waals surface area contributed by atoms with E-state index in [-0.39, 0.29) is 28.9 Å². The molecule has 1 aromatic heterocycles. The summed E-state index contributed by atoms with van der Waals surface area (Å²) in [6.07, 6.45) is 0. The van der Waals surface area contributed by atoms with Crippen LogP contribution in [0.15, 0.2) is 65.6 Å². The molecule has 11 heteroatoms. The molecule has 3 aromatic carbocycles. The lowest BCUT2D eigenvalue weighted by Gasteiger charge is -2.34. The third-order valence-corrected chi connectivity index (χ3v) is 9.67. The summed E-state index contributed by atoms with van der Waals surface area (Å²) in [7, 11) is -3.81. The molecule has 2 N–H and O–H groups in total. The number of thiazole rings is 1. The van der Waals surface area contributed by atoms with E-state index >= 15 is 0 Å². The molecule has 8 nitrogen and oxygen atoms in total. The maximum absolute atomic E-state index is 13.0. The lowest BCUT2D eigenvalue weighted by atomic mass is 10.1. The number of hydrogen-bond donors (Lipinski definition) is 2. The number of nitrogens with one attached hydrogen (secondary N) is 2. The summed E-state index contributed by atoms with van der Waals surface area (Å²) in [5.41, 5.74) is 5.08. The van der Waals surface area contributed by atoms with Crippen LogP contribution in [0.1, 0.15) is 27.0 Å². The third kappa shape index (κ3) is 6.58. The van der Waals surface area contributed by atoms with Gasteiger partial charge in [0, 0.05) is 39.3 Å². The highest BCUT2D eigenvalue weighted by molar-refractivity contribution is 7.92. The van der Waals surface area contributed by atoms with Crippen LogP contribution in [-0.4, -0.2) is 63.5 Å². The summed E-state index contributed by atoms with van der Waals surface area (Å²) in [5, 5.41) is 4.02. The molecule has 4 aromatic rings. The van der Waals surface area contributed by atoms with E-state index in [1.807, 2.05) is 6.92 Å². The molecule has 0 spiro atoms. The quantitative estimate of drug-likeness (QED) is 0.296. The zero-order valence-corrected chi connectivity index (χ0v) is 25.3. The van der Waals surface area contributed by atoms with Crippen LogP contribution in [0, 0.1) is 20.8 Å². The highest BCUT2D eigenvalue weighted by Gasteiger charge is 2.22. The van der Waals surface area contributed by atoms with Crippen LogP contribution < -0.4 is 14.9 Å². The predicted octanol–water partition coefficient (Wildman–Crippen LogP) is 5.00. The van der Waals surface area contributed by atoms with Crippen LogP contribution in [0.4, 0.5) is 10.8 Å². The van der Waals surface area contributed by atoms with E-state index in [2.05, 4.69) is 45.8 Å². The number of benzene rings is 3. The van der Waals surface area contributed by atoms with Crippen molar-refractivity contribution in [2.45, 2.75) is 25.7 Å². The molecule has 1 aliphatic heterocycles. The number of piperazine rings is 1. The number of anilines is 2. The number of aromatic nitrogens is 1. The smallest absolute Gasteiger partial charge is 0.261 e. The largest absolute Gasteiger partial charge is 0.351 e. The molecule has 5 rings (SSSR count). The zero-order valence-electron chi connectivity index (χ0n) is 22.8. The SMILES string of the molecule is Cc1ccc(S(=O)(=O)Nc2ccccc2C(=O)NCCN2CCN(c3nc4c(C)ccc(C)c4s3)CC2)cc1.Cl. The van der Waals surface area contributed by atoms with E-state index in [0.29, 0.717) is 12.1 Å². The van der Waals surface area contributed by atoms with Gasteiger partial charge < -0.3 is 10.2 Å². The monoisotopic (exact) mass is 599 g/mol. The van der Waals surface area contributed by atoms with Crippen LogP contribution in [0.5, 0.6) is 0 Å². The average molecular weight is 600 g/mol. The summed E-state index contributed by atoms with van der Waals surface area (Å²) < 4.78 is 29.6. The van der Waals surface area contributed by atoms with Crippen LogP contribution in [-0.2, 0) is 10.0 Å². The second-order valence-electron chi connectivity index (χ2n) is 9.92. The minimum atomic E-state index is -3.81. The van der Waals surface area contributed by atoms with Crippen molar-refractivity contribution in [2.24, 2.45) is 0 Å². The maximum atomic E-state index is 13.0. The van der Waals surface area contributed by atoms with Gasteiger partial charge in [-0.3, -0.25) is 14.4 Å². The normalized spacial score (nSPS) is 14.1. The number of hydrogen-bond acceptors (Lipinski definition) is 7. The Kier molecular flexibility index (Phi) is 9.35. The molecule has 0 radical (unpaired) electrons. The fourth-order valence-corrected chi connectivity index (χ4v) is 6.90. The van der Waals surface area contributed by atoms with Gasteiger partial charge in [-0.1, -0.05) is 53.3 Å². The maximum Gasteiger partial charge on any atom is 0.261 e. The second-order valence-corrected chi connectivity index (χ2v) is 12.6. The molecule has 0 atom stereocenters.